The van der Waals surface area contributed by atoms with Gasteiger partial charge in [0.05, 0.1) is 19.3 Å². The lowest BCUT2D eigenvalue weighted by Gasteiger charge is -2.40. The van der Waals surface area contributed by atoms with Crippen LogP contribution >= 0.6 is 0 Å². The minimum Gasteiger partial charge on any atom is -0.496 e. The van der Waals surface area contributed by atoms with Gasteiger partial charge in [-0.2, -0.15) is 0 Å². The number of amides is 2. The van der Waals surface area contributed by atoms with Gasteiger partial charge in [0.25, 0.3) is 11.8 Å². The molecular weight excluding hydrogens is 472 g/mol. The maximum absolute atomic E-state index is 13.0. The summed E-state index contributed by atoms with van der Waals surface area (Å²) in [4.78, 5) is 32.6. The Morgan fingerprint density at radius 2 is 1.92 bits per heavy atom. The lowest BCUT2D eigenvalue weighted by molar-refractivity contribution is -0.137. The van der Waals surface area contributed by atoms with Gasteiger partial charge in [0, 0.05) is 44.8 Å². The third-order valence-electron chi connectivity index (χ3n) is 7.65. The van der Waals surface area contributed by atoms with Crippen molar-refractivity contribution in [2.45, 2.75) is 76.5 Å². The zero-order valence-corrected chi connectivity index (χ0v) is 22.0. The maximum Gasteiger partial charge on any atom is 0.252 e. The maximum atomic E-state index is 13.0. The van der Waals surface area contributed by atoms with Crippen molar-refractivity contribution in [1.29, 1.82) is 0 Å². The average Bonchev–Trinajstić information content (AvgIpc) is 3.37. The van der Waals surface area contributed by atoms with E-state index in [2.05, 4.69) is 20.5 Å². The van der Waals surface area contributed by atoms with E-state index in [9.17, 15) is 9.59 Å². The zero-order valence-electron chi connectivity index (χ0n) is 22.0. The van der Waals surface area contributed by atoms with Crippen LogP contribution in [0.3, 0.4) is 0 Å². The number of carbonyl (C=O) groups is 2. The van der Waals surface area contributed by atoms with Crippen molar-refractivity contribution in [3.8, 4) is 5.75 Å². The van der Waals surface area contributed by atoms with E-state index in [-0.39, 0.29) is 26.8 Å². The second kappa shape index (κ2) is 10.3. The second-order valence-corrected chi connectivity index (χ2v) is 10.6. The number of hydrogen-bond donors (Lipinski definition) is 2. The Balaban J connectivity index is 0.00000210. The molecular formula is C28H40N4O5. The molecule has 0 saturated carbocycles. The minimum absolute atomic E-state index is 0. The number of rotatable bonds is 7. The highest BCUT2D eigenvalue weighted by molar-refractivity contribution is 5.96. The molecule has 3 unspecified atom stereocenters. The van der Waals surface area contributed by atoms with Crippen molar-refractivity contribution in [3.63, 3.8) is 0 Å². The van der Waals surface area contributed by atoms with Crippen LogP contribution in [0.4, 0.5) is 5.82 Å². The molecule has 2 aromatic rings. The molecule has 0 aliphatic carbocycles. The number of pyridine rings is 1. The molecule has 1 aromatic carbocycles. The van der Waals surface area contributed by atoms with E-state index in [1.165, 1.54) is 0 Å². The zero-order chi connectivity index (χ0) is 26.2. The van der Waals surface area contributed by atoms with Gasteiger partial charge in [0.15, 0.2) is 5.79 Å². The molecule has 4 heterocycles. The highest BCUT2D eigenvalue weighted by Crippen LogP contribution is 2.38. The predicted molar refractivity (Wildman–Crippen MR) is 143 cm³/mol. The first-order valence-electron chi connectivity index (χ1n) is 13.0. The molecule has 3 saturated heterocycles. The Morgan fingerprint density at radius 1 is 1.16 bits per heavy atom. The molecule has 0 spiro atoms. The van der Waals surface area contributed by atoms with Crippen molar-refractivity contribution in [2.24, 2.45) is 0 Å². The second-order valence-electron chi connectivity index (χ2n) is 10.6. The molecule has 3 aliphatic rings. The third-order valence-corrected chi connectivity index (χ3v) is 7.65. The van der Waals surface area contributed by atoms with Gasteiger partial charge in [-0.3, -0.25) is 9.59 Å². The van der Waals surface area contributed by atoms with Gasteiger partial charge in [-0.15, -0.1) is 0 Å². The molecule has 0 radical (unpaired) electrons. The van der Waals surface area contributed by atoms with E-state index >= 15 is 0 Å². The lowest BCUT2D eigenvalue weighted by Crippen LogP contribution is -2.50. The number of hydrogen-bond acceptors (Lipinski definition) is 7. The molecule has 9 nitrogen and oxygen atoms in total. The van der Waals surface area contributed by atoms with Gasteiger partial charge in [-0.05, 0) is 70.7 Å². The SMILES string of the molecule is COc1cccc(C(=O)NC2CC3CCC(C2)N3c2ccc(C(=O)NCC3COC(C)(C)O3)cn2)c1C.[HH].[HH]. The van der Waals surface area contributed by atoms with Gasteiger partial charge in [-0.1, -0.05) is 6.07 Å². The average molecular weight is 513 g/mol. The predicted octanol–water partition coefficient (Wildman–Crippen LogP) is 3.70. The Morgan fingerprint density at radius 3 is 2.54 bits per heavy atom. The molecule has 2 bridgehead atoms. The Kier molecular flexibility index (Phi) is 7.09. The van der Waals surface area contributed by atoms with Gasteiger partial charge < -0.3 is 29.7 Å². The molecule has 5 rings (SSSR count). The van der Waals surface area contributed by atoms with Gasteiger partial charge >= 0.3 is 0 Å². The monoisotopic (exact) mass is 512 g/mol. The summed E-state index contributed by atoms with van der Waals surface area (Å²) in [7, 11) is 1.62. The van der Waals surface area contributed by atoms with E-state index in [0.29, 0.717) is 36.4 Å². The Bertz CT molecular complexity index is 1150. The first kappa shape index (κ1) is 25.5. The minimum atomic E-state index is -0.609. The number of fused-ring (bicyclic) bond motifs is 2. The van der Waals surface area contributed by atoms with E-state index in [0.717, 1.165) is 42.8 Å². The molecule has 3 fully saturated rings. The first-order chi connectivity index (χ1) is 17.7. The van der Waals surface area contributed by atoms with Crippen molar-refractivity contribution >= 4 is 17.6 Å². The highest BCUT2D eigenvalue weighted by atomic mass is 16.7. The summed E-state index contributed by atoms with van der Waals surface area (Å²) in [5.74, 6) is 0.759. The fourth-order valence-corrected chi connectivity index (χ4v) is 5.86. The number of nitrogens with zero attached hydrogens (tertiary/aromatic N) is 2. The fraction of sp³-hybridized carbons (Fsp3) is 0.536. The molecule has 3 aliphatic heterocycles. The smallest absolute Gasteiger partial charge is 0.252 e. The van der Waals surface area contributed by atoms with Crippen LogP contribution in [0.25, 0.3) is 0 Å². The van der Waals surface area contributed by atoms with Crippen molar-refractivity contribution in [2.75, 3.05) is 25.2 Å². The number of anilines is 1. The Labute approximate surface area is 220 Å². The van der Waals surface area contributed by atoms with E-state index in [4.69, 9.17) is 14.2 Å². The summed E-state index contributed by atoms with van der Waals surface area (Å²) < 4.78 is 16.7. The number of methoxy groups -OCH3 is 1. The van der Waals surface area contributed by atoms with E-state index in [1.807, 2.05) is 51.1 Å². The van der Waals surface area contributed by atoms with Crippen LogP contribution in [-0.2, 0) is 9.47 Å². The number of nitrogens with one attached hydrogen (secondary N) is 2. The summed E-state index contributed by atoms with van der Waals surface area (Å²) in [6.45, 7) is 6.49. The van der Waals surface area contributed by atoms with Gasteiger partial charge in [-0.25, -0.2) is 4.98 Å². The fourth-order valence-electron chi connectivity index (χ4n) is 5.86. The summed E-state index contributed by atoms with van der Waals surface area (Å²) in [5.41, 5.74) is 2.02. The number of aromatic nitrogens is 1. The molecule has 2 N–H and O–H groups in total. The number of benzene rings is 1. The van der Waals surface area contributed by atoms with Crippen LogP contribution in [0.1, 0.15) is 68.7 Å². The molecule has 37 heavy (non-hydrogen) atoms. The summed E-state index contributed by atoms with van der Waals surface area (Å²) in [6, 6.07) is 10.0. The normalized spacial score (nSPS) is 26.1. The summed E-state index contributed by atoms with van der Waals surface area (Å²) >= 11 is 0. The summed E-state index contributed by atoms with van der Waals surface area (Å²) in [5, 5.41) is 6.16. The molecule has 9 heteroatoms. The summed E-state index contributed by atoms with van der Waals surface area (Å²) in [6.07, 6.45) is 5.36. The van der Waals surface area contributed by atoms with E-state index in [1.54, 1.807) is 13.3 Å². The third kappa shape index (κ3) is 5.43. The molecule has 3 atom stereocenters. The van der Waals surface area contributed by atoms with Gasteiger partial charge in [0.1, 0.15) is 17.7 Å². The van der Waals surface area contributed by atoms with Crippen LogP contribution in [0.5, 0.6) is 5.75 Å². The standard InChI is InChI=1S/C28H36N4O5.2H2/c1-17-23(6-5-7-24(17)35-4)27(34)31-19-12-20-9-10-21(13-19)32(20)25-11-8-18(14-29-25)26(33)30-15-22-16-36-28(2,3)37-22;;/h5-8,11,14,19-22H,9-10,12-13,15-16H2,1-4H3,(H,30,33)(H,31,34);2*1H. The van der Waals surface area contributed by atoms with Crippen LogP contribution in [0, 0.1) is 6.92 Å². The van der Waals surface area contributed by atoms with Crippen molar-refractivity contribution in [1.82, 2.24) is 15.6 Å². The highest BCUT2D eigenvalue weighted by Gasteiger charge is 2.42. The van der Waals surface area contributed by atoms with Crippen LogP contribution in [0.2, 0.25) is 0 Å². The van der Waals surface area contributed by atoms with Crippen LogP contribution in [-0.4, -0.2) is 67.1 Å². The number of carbonyl (C=O) groups excluding carboxylic acids is 2. The van der Waals surface area contributed by atoms with Crippen molar-refractivity contribution in [3.05, 3.63) is 53.2 Å². The van der Waals surface area contributed by atoms with Crippen molar-refractivity contribution < 1.29 is 26.7 Å². The quantitative estimate of drug-likeness (QED) is 0.583. The molecule has 1 aromatic heterocycles. The molecule has 2 amide bonds. The lowest BCUT2D eigenvalue weighted by atomic mass is 9.96. The first-order valence-corrected chi connectivity index (χ1v) is 13.0. The number of ether oxygens (including phenoxy) is 3. The Hall–Kier alpha value is -3.17. The van der Waals surface area contributed by atoms with E-state index < -0.39 is 5.79 Å². The van der Waals surface area contributed by atoms with Gasteiger partial charge in [0.2, 0.25) is 0 Å². The van der Waals surface area contributed by atoms with Crippen LogP contribution < -0.4 is 20.3 Å². The van der Waals surface area contributed by atoms with Crippen LogP contribution in [0.15, 0.2) is 36.5 Å². The molecule has 202 valence electrons. The largest absolute Gasteiger partial charge is 0.496 e. The topological polar surface area (TPSA) is 102 Å². The number of piperidine rings is 1.